The number of rotatable bonds is 1. The van der Waals surface area contributed by atoms with Gasteiger partial charge in [-0.15, -0.1) is 0 Å². The molecule has 0 aliphatic carbocycles. The van der Waals surface area contributed by atoms with E-state index in [9.17, 15) is 14.0 Å². The summed E-state index contributed by atoms with van der Waals surface area (Å²) in [5, 5.41) is 7.48. The van der Waals surface area contributed by atoms with E-state index in [1.807, 2.05) is 6.92 Å². The number of benzene rings is 1. The van der Waals surface area contributed by atoms with E-state index in [1.165, 1.54) is 12.1 Å². The van der Waals surface area contributed by atoms with Crippen molar-refractivity contribution in [1.82, 2.24) is 19.6 Å². The standard InChI is InChI=1S/C22H25FN6O2/c1-13-8-17-15(19-20(30)27(5)11-22(2,3)12-29(19)26-17)10-28(13)21(31)25-14-6-7-16(23)18(9-14)24-4/h6-7,9,13H,8,10-12H2,1-3,5H3,(H,25,31)/t13-/m1/s1. The van der Waals surface area contributed by atoms with Gasteiger partial charge in [0.05, 0.1) is 18.8 Å². The molecule has 0 bridgehead atoms. The Labute approximate surface area is 180 Å². The zero-order valence-corrected chi connectivity index (χ0v) is 18.1. The molecule has 0 saturated heterocycles. The second-order valence-corrected chi connectivity index (χ2v) is 9.15. The molecule has 9 heteroatoms. The summed E-state index contributed by atoms with van der Waals surface area (Å²) in [6, 6.07) is 3.40. The maximum atomic E-state index is 13.6. The lowest BCUT2D eigenvalue weighted by molar-refractivity contribution is 0.0750. The van der Waals surface area contributed by atoms with Crippen LogP contribution >= 0.6 is 0 Å². The molecule has 4 rings (SSSR count). The van der Waals surface area contributed by atoms with E-state index in [2.05, 4.69) is 24.0 Å². The van der Waals surface area contributed by atoms with E-state index in [-0.39, 0.29) is 35.6 Å². The van der Waals surface area contributed by atoms with Crippen LogP contribution in [-0.2, 0) is 19.5 Å². The third kappa shape index (κ3) is 3.74. The molecule has 0 saturated carbocycles. The van der Waals surface area contributed by atoms with Crippen LogP contribution in [0.4, 0.5) is 20.6 Å². The number of carbonyl (C=O) groups is 2. The fourth-order valence-electron chi connectivity index (χ4n) is 4.44. The number of halogens is 1. The van der Waals surface area contributed by atoms with Crippen molar-refractivity contribution in [1.29, 1.82) is 0 Å². The van der Waals surface area contributed by atoms with Gasteiger partial charge in [-0.2, -0.15) is 5.10 Å². The van der Waals surface area contributed by atoms with E-state index in [1.54, 1.807) is 21.5 Å². The number of amides is 3. The van der Waals surface area contributed by atoms with Gasteiger partial charge in [0.25, 0.3) is 5.91 Å². The molecule has 2 aromatic rings. The van der Waals surface area contributed by atoms with Crippen molar-refractivity contribution in [2.45, 2.75) is 46.3 Å². The van der Waals surface area contributed by atoms with Crippen LogP contribution in [0.5, 0.6) is 0 Å². The molecule has 3 amide bonds. The molecule has 1 atom stereocenters. The van der Waals surface area contributed by atoms with Crippen LogP contribution in [0.15, 0.2) is 18.2 Å². The van der Waals surface area contributed by atoms with Crippen molar-refractivity contribution >= 4 is 23.3 Å². The molecule has 1 N–H and O–H groups in total. The van der Waals surface area contributed by atoms with Crippen LogP contribution in [0.3, 0.4) is 0 Å². The van der Waals surface area contributed by atoms with Crippen LogP contribution in [0.25, 0.3) is 4.85 Å². The largest absolute Gasteiger partial charge is 0.340 e. The highest BCUT2D eigenvalue weighted by atomic mass is 19.1. The maximum absolute atomic E-state index is 13.6. The molecule has 2 aliphatic heterocycles. The molecule has 1 aromatic carbocycles. The Morgan fingerprint density at radius 2 is 2.10 bits per heavy atom. The number of nitrogens with one attached hydrogen (secondary N) is 1. The third-order valence-corrected chi connectivity index (χ3v) is 5.85. The molecule has 8 nitrogen and oxygen atoms in total. The van der Waals surface area contributed by atoms with Gasteiger partial charge in [0, 0.05) is 49.3 Å². The number of hydrogen-bond acceptors (Lipinski definition) is 3. The van der Waals surface area contributed by atoms with Crippen molar-refractivity contribution in [3.63, 3.8) is 0 Å². The Kier molecular flexibility index (Phi) is 4.96. The lowest BCUT2D eigenvalue weighted by atomic mass is 9.93. The minimum Gasteiger partial charge on any atom is -0.340 e. The van der Waals surface area contributed by atoms with E-state index in [0.29, 0.717) is 30.9 Å². The number of hydrogen-bond donors (Lipinski definition) is 1. The number of nitrogens with zero attached hydrogens (tertiary/aromatic N) is 5. The summed E-state index contributed by atoms with van der Waals surface area (Å²) in [5.74, 6) is -0.716. The van der Waals surface area contributed by atoms with Crippen LogP contribution in [0, 0.1) is 17.8 Å². The van der Waals surface area contributed by atoms with Gasteiger partial charge in [0.1, 0.15) is 11.5 Å². The van der Waals surface area contributed by atoms with E-state index < -0.39 is 5.82 Å². The Morgan fingerprint density at radius 3 is 2.81 bits per heavy atom. The lowest BCUT2D eigenvalue weighted by Crippen LogP contribution is -2.45. The second kappa shape index (κ2) is 7.38. The lowest BCUT2D eigenvalue weighted by Gasteiger charge is -2.33. The molecule has 162 valence electrons. The van der Waals surface area contributed by atoms with Crippen molar-refractivity contribution in [3.8, 4) is 0 Å². The predicted molar refractivity (Wildman–Crippen MR) is 113 cm³/mol. The number of fused-ring (bicyclic) bond motifs is 3. The highest BCUT2D eigenvalue weighted by Gasteiger charge is 2.38. The summed E-state index contributed by atoms with van der Waals surface area (Å²) < 4.78 is 15.4. The number of anilines is 1. The Hall–Kier alpha value is -3.41. The van der Waals surface area contributed by atoms with Gasteiger partial charge in [-0.1, -0.05) is 13.8 Å². The summed E-state index contributed by atoms with van der Waals surface area (Å²) in [7, 11) is 1.79. The first kappa shape index (κ1) is 20.8. The first-order valence-electron chi connectivity index (χ1n) is 10.2. The molecule has 31 heavy (non-hydrogen) atoms. The van der Waals surface area contributed by atoms with E-state index in [4.69, 9.17) is 11.7 Å². The topological polar surface area (TPSA) is 74.8 Å². The summed E-state index contributed by atoms with van der Waals surface area (Å²) in [5.41, 5.74) is 2.26. The Balaban J connectivity index is 1.63. The summed E-state index contributed by atoms with van der Waals surface area (Å²) in [4.78, 5) is 32.6. The zero-order chi connectivity index (χ0) is 22.5. The van der Waals surface area contributed by atoms with Crippen LogP contribution in [-0.4, -0.2) is 51.2 Å². The molecule has 0 unspecified atom stereocenters. The summed E-state index contributed by atoms with van der Waals surface area (Å²) in [6.07, 6.45) is 0.539. The Morgan fingerprint density at radius 1 is 1.35 bits per heavy atom. The normalized spacial score (nSPS) is 19.9. The molecular formula is C22H25FN6O2. The van der Waals surface area contributed by atoms with Crippen molar-refractivity contribution < 1.29 is 14.0 Å². The molecule has 0 radical (unpaired) electrons. The number of aromatic nitrogens is 2. The van der Waals surface area contributed by atoms with Crippen LogP contribution in [0.1, 0.15) is 42.5 Å². The van der Waals surface area contributed by atoms with E-state index in [0.717, 1.165) is 17.3 Å². The fourth-order valence-corrected chi connectivity index (χ4v) is 4.44. The summed E-state index contributed by atoms with van der Waals surface area (Å²) >= 11 is 0. The molecule has 0 fully saturated rings. The smallest absolute Gasteiger partial charge is 0.322 e. The minimum absolute atomic E-state index is 0.0885. The minimum atomic E-state index is -0.628. The van der Waals surface area contributed by atoms with Gasteiger partial charge in [-0.3, -0.25) is 9.48 Å². The first-order valence-corrected chi connectivity index (χ1v) is 10.2. The molecular weight excluding hydrogens is 399 g/mol. The Bertz CT molecular complexity index is 1120. The first-order chi connectivity index (χ1) is 14.6. The van der Waals surface area contributed by atoms with Crippen molar-refractivity contribution in [2.24, 2.45) is 5.41 Å². The second-order valence-electron chi connectivity index (χ2n) is 9.15. The fraction of sp³-hybridized carbons (Fsp3) is 0.455. The van der Waals surface area contributed by atoms with Gasteiger partial charge < -0.3 is 15.1 Å². The molecule has 2 aliphatic rings. The van der Waals surface area contributed by atoms with Gasteiger partial charge >= 0.3 is 6.03 Å². The predicted octanol–water partition coefficient (Wildman–Crippen LogP) is 3.66. The van der Waals surface area contributed by atoms with Crippen LogP contribution < -0.4 is 5.32 Å². The van der Waals surface area contributed by atoms with Crippen molar-refractivity contribution in [3.05, 3.63) is 52.4 Å². The highest BCUT2D eigenvalue weighted by Crippen LogP contribution is 2.32. The third-order valence-electron chi connectivity index (χ3n) is 5.85. The van der Waals surface area contributed by atoms with Crippen molar-refractivity contribution in [2.75, 3.05) is 18.9 Å². The van der Waals surface area contributed by atoms with E-state index >= 15 is 0 Å². The van der Waals surface area contributed by atoms with Gasteiger partial charge in [-0.25, -0.2) is 14.0 Å². The zero-order valence-electron chi connectivity index (χ0n) is 18.1. The van der Waals surface area contributed by atoms with Gasteiger partial charge in [-0.05, 0) is 25.1 Å². The maximum Gasteiger partial charge on any atom is 0.322 e. The molecule has 0 spiro atoms. The average molecular weight is 424 g/mol. The molecule has 3 heterocycles. The number of carbonyl (C=O) groups excluding carboxylic acids is 2. The highest BCUT2D eigenvalue weighted by molar-refractivity contribution is 5.95. The van der Waals surface area contributed by atoms with Gasteiger partial charge in [0.15, 0.2) is 0 Å². The number of urea groups is 1. The average Bonchev–Trinajstić information content (AvgIpc) is 2.99. The summed E-state index contributed by atoms with van der Waals surface area (Å²) in [6.45, 7) is 14.7. The van der Waals surface area contributed by atoms with Gasteiger partial charge in [0.2, 0.25) is 5.69 Å². The van der Waals surface area contributed by atoms with Crippen LogP contribution in [0.2, 0.25) is 0 Å². The quantitative estimate of drug-likeness (QED) is 0.710. The molecule has 1 aromatic heterocycles. The SMILES string of the molecule is [C-]#[N+]c1cc(NC(=O)N2Cc3c(nn4c3C(=O)N(C)CC(C)(C)C4)C[C@H]2C)ccc1F. The monoisotopic (exact) mass is 424 g/mol.